The van der Waals surface area contributed by atoms with Crippen molar-refractivity contribution in [2.75, 3.05) is 0 Å². The molecule has 2 saturated carbocycles. The van der Waals surface area contributed by atoms with Crippen molar-refractivity contribution in [2.24, 2.45) is 5.73 Å². The Hall–Kier alpha value is -3.44. The molecule has 2 aliphatic carbocycles. The highest BCUT2D eigenvalue weighted by Crippen LogP contribution is 2.40. The van der Waals surface area contributed by atoms with Gasteiger partial charge in [-0.2, -0.15) is 5.10 Å². The van der Waals surface area contributed by atoms with Crippen molar-refractivity contribution in [1.29, 1.82) is 0 Å². The van der Waals surface area contributed by atoms with Crippen LogP contribution in [0.2, 0.25) is 0 Å². The van der Waals surface area contributed by atoms with Gasteiger partial charge in [-0.1, -0.05) is 43.3 Å². The summed E-state index contributed by atoms with van der Waals surface area (Å²) in [5.74, 6) is 1.65. The molecule has 0 amide bonds. The number of hydrogen-bond donors (Lipinski definition) is 1. The van der Waals surface area contributed by atoms with Crippen LogP contribution >= 0.6 is 0 Å². The zero-order chi connectivity index (χ0) is 23.8. The molecule has 2 aromatic heterocycles. The Labute approximate surface area is 207 Å². The summed E-state index contributed by atoms with van der Waals surface area (Å²) in [6.07, 6.45) is 9.31. The summed E-state index contributed by atoms with van der Waals surface area (Å²) in [4.78, 5) is 4.19. The summed E-state index contributed by atoms with van der Waals surface area (Å²) in [5.41, 5.74) is 14.6. The van der Waals surface area contributed by atoms with Gasteiger partial charge in [-0.05, 0) is 79.0 Å². The molecule has 5 nitrogen and oxygen atoms in total. The summed E-state index contributed by atoms with van der Waals surface area (Å²) in [6, 6.07) is 21.3. The maximum absolute atomic E-state index is 6.48. The van der Waals surface area contributed by atoms with Gasteiger partial charge in [0, 0.05) is 34.8 Å². The van der Waals surface area contributed by atoms with Crippen LogP contribution in [0.15, 0.2) is 73.1 Å². The van der Waals surface area contributed by atoms with Crippen LogP contribution in [0.5, 0.6) is 5.75 Å². The smallest absolute Gasteiger partial charge is 0.119 e. The Morgan fingerprint density at radius 2 is 1.66 bits per heavy atom. The van der Waals surface area contributed by atoms with Crippen LogP contribution in [0.25, 0.3) is 22.4 Å². The maximum Gasteiger partial charge on any atom is 0.119 e. The molecule has 4 aromatic rings. The molecular weight excluding hydrogens is 432 g/mol. The van der Waals surface area contributed by atoms with E-state index in [2.05, 4.69) is 65.1 Å². The molecule has 0 saturated heterocycles. The van der Waals surface area contributed by atoms with E-state index in [0.717, 1.165) is 54.3 Å². The number of nitrogens with zero attached hydrogens (tertiary/aromatic N) is 3. The minimum atomic E-state index is -0.114. The molecule has 0 atom stereocenters. The molecule has 0 unspecified atom stereocenters. The van der Waals surface area contributed by atoms with Crippen LogP contribution < -0.4 is 10.5 Å². The van der Waals surface area contributed by atoms with Crippen LogP contribution in [-0.2, 0) is 19.6 Å². The zero-order valence-corrected chi connectivity index (χ0v) is 20.3. The molecule has 2 aromatic carbocycles. The lowest BCUT2D eigenvalue weighted by Crippen LogP contribution is -2.29. The molecule has 2 heterocycles. The topological polar surface area (TPSA) is 66.0 Å². The maximum atomic E-state index is 6.48. The normalized spacial score (nSPS) is 16.3. The van der Waals surface area contributed by atoms with Gasteiger partial charge in [-0.25, -0.2) is 0 Å². The molecule has 0 aliphatic heterocycles. The number of pyridine rings is 1. The lowest BCUT2D eigenvalue weighted by Gasteiger charge is -2.13. The van der Waals surface area contributed by atoms with E-state index >= 15 is 0 Å². The highest BCUT2D eigenvalue weighted by atomic mass is 16.5. The van der Waals surface area contributed by atoms with Gasteiger partial charge in [0.2, 0.25) is 0 Å². The van der Waals surface area contributed by atoms with E-state index in [-0.39, 0.29) is 5.54 Å². The number of ether oxygens (including phenoxy) is 1. The Morgan fingerprint density at radius 3 is 2.29 bits per heavy atom. The van der Waals surface area contributed by atoms with E-state index in [9.17, 15) is 0 Å². The minimum Gasteiger partial charge on any atom is -0.489 e. The molecule has 2 aliphatic rings. The second-order valence-electron chi connectivity index (χ2n) is 10.1. The van der Waals surface area contributed by atoms with E-state index in [4.69, 9.17) is 15.6 Å². The average Bonchev–Trinajstić information content (AvgIpc) is 3.83. The third kappa shape index (κ3) is 4.73. The van der Waals surface area contributed by atoms with Crippen LogP contribution in [0.1, 0.15) is 55.3 Å². The third-order valence-electron chi connectivity index (χ3n) is 7.28. The number of nitrogens with two attached hydrogens (primary N) is 1. The van der Waals surface area contributed by atoms with Crippen molar-refractivity contribution < 1.29 is 4.74 Å². The second-order valence-corrected chi connectivity index (χ2v) is 10.1. The largest absolute Gasteiger partial charge is 0.489 e. The van der Waals surface area contributed by atoms with Gasteiger partial charge < -0.3 is 10.5 Å². The molecule has 6 rings (SSSR count). The quantitative estimate of drug-likeness (QED) is 0.324. The van der Waals surface area contributed by atoms with Gasteiger partial charge in [0.25, 0.3) is 0 Å². The Morgan fingerprint density at radius 1 is 0.943 bits per heavy atom. The van der Waals surface area contributed by atoms with Crippen molar-refractivity contribution in [3.8, 4) is 28.1 Å². The zero-order valence-electron chi connectivity index (χ0n) is 20.3. The molecular formula is C30H32N4O. The van der Waals surface area contributed by atoms with Gasteiger partial charge in [-0.3, -0.25) is 9.67 Å². The molecule has 0 radical (unpaired) electrons. The van der Waals surface area contributed by atoms with Crippen LogP contribution in [-0.4, -0.2) is 20.3 Å². The molecule has 5 heteroatoms. The Kier molecular flexibility index (Phi) is 5.65. The van der Waals surface area contributed by atoms with E-state index in [1.54, 1.807) is 0 Å². The lowest BCUT2D eigenvalue weighted by atomic mass is 9.98. The molecule has 2 N–H and O–H groups in total. The Bertz CT molecular complexity index is 1300. The average molecular weight is 465 g/mol. The van der Waals surface area contributed by atoms with E-state index < -0.39 is 0 Å². The second kappa shape index (κ2) is 8.97. The standard InChI is InChI=1S/C30H32N4O/c1-2-27-28(29(25-13-17-32-18-14-25)33-34(27)20-30(31)15-16-30)24-9-11-26(12-10-24)35-19-21-3-5-22(6-4-21)23-7-8-23/h3-6,9-14,17-18,23H,2,7-8,15-16,19-20,31H2,1H3. The van der Waals surface area contributed by atoms with Gasteiger partial charge >= 0.3 is 0 Å². The first-order valence-corrected chi connectivity index (χ1v) is 12.7. The minimum absolute atomic E-state index is 0.114. The number of hydrogen-bond acceptors (Lipinski definition) is 4. The first kappa shape index (κ1) is 22.1. The molecule has 178 valence electrons. The van der Waals surface area contributed by atoms with Crippen molar-refractivity contribution in [3.05, 3.63) is 89.9 Å². The fourth-order valence-electron chi connectivity index (χ4n) is 4.81. The molecule has 35 heavy (non-hydrogen) atoms. The van der Waals surface area contributed by atoms with Crippen molar-refractivity contribution >= 4 is 0 Å². The first-order valence-electron chi connectivity index (χ1n) is 12.7. The summed E-state index contributed by atoms with van der Waals surface area (Å²) in [6.45, 7) is 3.52. The summed E-state index contributed by atoms with van der Waals surface area (Å²) in [5, 5.41) is 5.05. The van der Waals surface area contributed by atoms with Crippen molar-refractivity contribution in [3.63, 3.8) is 0 Å². The third-order valence-corrected chi connectivity index (χ3v) is 7.28. The number of aromatic nitrogens is 3. The van der Waals surface area contributed by atoms with Crippen molar-refractivity contribution in [2.45, 2.75) is 63.6 Å². The van der Waals surface area contributed by atoms with E-state index in [1.165, 1.54) is 35.2 Å². The van der Waals surface area contributed by atoms with E-state index in [0.29, 0.717) is 6.61 Å². The lowest BCUT2D eigenvalue weighted by molar-refractivity contribution is 0.306. The van der Waals surface area contributed by atoms with Gasteiger partial charge in [0.05, 0.1) is 6.54 Å². The predicted octanol–water partition coefficient (Wildman–Crippen LogP) is 6.12. The highest BCUT2D eigenvalue weighted by molar-refractivity contribution is 5.83. The number of benzene rings is 2. The van der Waals surface area contributed by atoms with Crippen LogP contribution in [0.4, 0.5) is 0 Å². The fraction of sp³-hybridized carbons (Fsp3) is 0.333. The SMILES string of the molecule is CCc1c(-c2ccc(OCc3ccc(C4CC4)cc3)cc2)c(-c2ccncc2)nn1CC1(N)CC1. The highest BCUT2D eigenvalue weighted by Gasteiger charge is 2.39. The summed E-state index contributed by atoms with van der Waals surface area (Å²) in [7, 11) is 0. The predicted molar refractivity (Wildman–Crippen MR) is 139 cm³/mol. The fourth-order valence-corrected chi connectivity index (χ4v) is 4.81. The summed E-state index contributed by atoms with van der Waals surface area (Å²) >= 11 is 0. The van der Waals surface area contributed by atoms with Gasteiger partial charge in [-0.15, -0.1) is 0 Å². The van der Waals surface area contributed by atoms with Gasteiger partial charge in [0.15, 0.2) is 0 Å². The van der Waals surface area contributed by atoms with Crippen LogP contribution in [0.3, 0.4) is 0 Å². The summed E-state index contributed by atoms with van der Waals surface area (Å²) < 4.78 is 8.24. The monoisotopic (exact) mass is 464 g/mol. The van der Waals surface area contributed by atoms with E-state index in [1.807, 2.05) is 24.5 Å². The molecule has 2 fully saturated rings. The first-order chi connectivity index (χ1) is 17.1. The number of rotatable bonds is 9. The van der Waals surface area contributed by atoms with Crippen LogP contribution in [0, 0.1) is 0 Å². The van der Waals surface area contributed by atoms with Gasteiger partial charge in [0.1, 0.15) is 18.1 Å². The molecule has 0 spiro atoms. The Balaban J connectivity index is 1.26. The molecule has 0 bridgehead atoms. The van der Waals surface area contributed by atoms with Crippen molar-refractivity contribution in [1.82, 2.24) is 14.8 Å².